The zero-order valence-corrected chi connectivity index (χ0v) is 14.7. The van der Waals surface area contributed by atoms with Crippen molar-refractivity contribution in [3.63, 3.8) is 0 Å². The lowest BCUT2D eigenvalue weighted by Crippen LogP contribution is -2.23. The smallest absolute Gasteiger partial charge is 0.0991 e. The minimum atomic E-state index is 0.748. The van der Waals surface area contributed by atoms with E-state index in [1.165, 1.54) is 0 Å². The first-order valence-corrected chi connectivity index (χ1v) is 8.49. The normalized spacial score (nSPS) is 13.6. The van der Waals surface area contributed by atoms with Crippen molar-refractivity contribution in [2.24, 2.45) is 9.98 Å². The largest absolute Gasteiger partial charge is 0.328 e. The van der Waals surface area contributed by atoms with Crippen molar-refractivity contribution in [3.8, 4) is 0 Å². The fraction of sp³-hybridized carbons (Fsp3) is 0.0476. The van der Waals surface area contributed by atoms with Gasteiger partial charge in [-0.25, -0.2) is 9.98 Å². The van der Waals surface area contributed by atoms with Crippen LogP contribution in [0.5, 0.6) is 0 Å². The molecule has 2 aromatic heterocycles. The molecule has 0 N–H and O–H groups in total. The lowest BCUT2D eigenvalue weighted by molar-refractivity contribution is 1.09. The van der Waals surface area contributed by atoms with E-state index in [9.17, 15) is 0 Å². The van der Waals surface area contributed by atoms with Crippen LogP contribution in [0.25, 0.3) is 16.6 Å². The molecular formula is C21H18N6. The summed E-state index contributed by atoms with van der Waals surface area (Å²) in [6.45, 7) is 8.70. The fourth-order valence-corrected chi connectivity index (χ4v) is 3.04. The number of pyridine rings is 1. The summed E-state index contributed by atoms with van der Waals surface area (Å²) >= 11 is 0. The van der Waals surface area contributed by atoms with Gasteiger partial charge in [-0.3, -0.25) is 9.98 Å². The Bertz CT molecular complexity index is 1090. The van der Waals surface area contributed by atoms with Crippen LogP contribution in [0.15, 0.2) is 84.6 Å². The molecule has 0 atom stereocenters. The van der Waals surface area contributed by atoms with Crippen LogP contribution in [-0.4, -0.2) is 33.6 Å². The summed E-state index contributed by atoms with van der Waals surface area (Å²) in [6.07, 6.45) is 16.0. The molecule has 6 nitrogen and oxygen atoms in total. The van der Waals surface area contributed by atoms with Crippen molar-refractivity contribution < 1.29 is 0 Å². The molecule has 1 aliphatic heterocycles. The monoisotopic (exact) mass is 354 g/mol. The lowest BCUT2D eigenvalue weighted by Gasteiger charge is -2.22. The second kappa shape index (κ2) is 7.21. The Morgan fingerprint density at radius 1 is 1.22 bits per heavy atom. The Kier molecular flexibility index (Phi) is 4.45. The molecule has 3 heterocycles. The molecule has 132 valence electrons. The number of anilines is 1. The highest BCUT2D eigenvalue weighted by Gasteiger charge is 2.16. The van der Waals surface area contributed by atoms with Gasteiger partial charge in [0.05, 0.1) is 29.6 Å². The number of aliphatic imine (C=N–C) groups is 2. The highest BCUT2D eigenvalue weighted by molar-refractivity contribution is 6.05. The molecule has 0 spiro atoms. The van der Waals surface area contributed by atoms with Crippen LogP contribution in [0.3, 0.4) is 0 Å². The average Bonchev–Trinajstić information content (AvgIpc) is 3.26. The van der Waals surface area contributed by atoms with Gasteiger partial charge in [-0.15, -0.1) is 0 Å². The number of aromatic nitrogens is 3. The number of hydrogen-bond acceptors (Lipinski definition) is 5. The van der Waals surface area contributed by atoms with Gasteiger partial charge in [0.15, 0.2) is 0 Å². The SMILES string of the molecule is C=CC=Nc1c(C(=C)n2ccnc2)ccc2c(N3C=NC=CC3)ccnc12. The molecule has 0 aliphatic carbocycles. The van der Waals surface area contributed by atoms with E-state index < -0.39 is 0 Å². The van der Waals surface area contributed by atoms with Crippen molar-refractivity contribution in [2.75, 3.05) is 11.4 Å². The first-order chi connectivity index (χ1) is 13.3. The summed E-state index contributed by atoms with van der Waals surface area (Å²) in [5, 5.41) is 0.998. The maximum absolute atomic E-state index is 4.61. The molecule has 27 heavy (non-hydrogen) atoms. The van der Waals surface area contributed by atoms with Gasteiger partial charge < -0.3 is 9.47 Å². The molecule has 0 amide bonds. The molecule has 0 saturated heterocycles. The topological polar surface area (TPSA) is 58.7 Å². The van der Waals surface area contributed by atoms with Crippen molar-refractivity contribution in [1.29, 1.82) is 0 Å². The molecule has 0 unspecified atom stereocenters. The third-order valence-electron chi connectivity index (χ3n) is 4.31. The van der Waals surface area contributed by atoms with Gasteiger partial charge in [0.25, 0.3) is 0 Å². The molecule has 0 saturated carbocycles. The summed E-state index contributed by atoms with van der Waals surface area (Å²) < 4.78 is 1.86. The number of fused-ring (bicyclic) bond motifs is 1. The summed E-state index contributed by atoms with van der Waals surface area (Å²) in [6, 6.07) is 6.05. The maximum atomic E-state index is 4.61. The van der Waals surface area contributed by atoms with E-state index in [1.54, 1.807) is 37.2 Å². The van der Waals surface area contributed by atoms with Crippen LogP contribution in [0.1, 0.15) is 5.56 Å². The second-order valence-corrected chi connectivity index (χ2v) is 5.92. The molecule has 3 aromatic rings. The van der Waals surface area contributed by atoms with Crippen molar-refractivity contribution in [2.45, 2.75) is 0 Å². The number of hydrogen-bond donors (Lipinski definition) is 0. The summed E-state index contributed by atoms with van der Waals surface area (Å²) in [5.74, 6) is 0. The highest BCUT2D eigenvalue weighted by atomic mass is 15.2. The van der Waals surface area contributed by atoms with Crippen LogP contribution in [0, 0.1) is 0 Å². The molecule has 1 aliphatic rings. The molecule has 1 aromatic carbocycles. The highest BCUT2D eigenvalue weighted by Crippen LogP contribution is 2.37. The molecule has 0 fully saturated rings. The van der Waals surface area contributed by atoms with Crippen LogP contribution in [0.4, 0.5) is 11.4 Å². The van der Waals surface area contributed by atoms with Gasteiger partial charge in [-0.05, 0) is 24.3 Å². The third-order valence-corrected chi connectivity index (χ3v) is 4.31. The van der Waals surface area contributed by atoms with E-state index in [0.29, 0.717) is 0 Å². The van der Waals surface area contributed by atoms with Crippen LogP contribution in [-0.2, 0) is 0 Å². The van der Waals surface area contributed by atoms with Gasteiger partial charge in [0, 0.05) is 54.2 Å². The Hall–Kier alpha value is -3.80. The molecule has 0 bridgehead atoms. The summed E-state index contributed by atoms with van der Waals surface area (Å²) in [7, 11) is 0. The maximum Gasteiger partial charge on any atom is 0.0991 e. The lowest BCUT2D eigenvalue weighted by atomic mass is 10.0. The predicted molar refractivity (Wildman–Crippen MR) is 112 cm³/mol. The Labute approximate surface area is 157 Å². The van der Waals surface area contributed by atoms with Gasteiger partial charge in [-0.1, -0.05) is 19.2 Å². The van der Waals surface area contributed by atoms with E-state index in [4.69, 9.17) is 0 Å². The van der Waals surface area contributed by atoms with Crippen LogP contribution in [0.2, 0.25) is 0 Å². The number of rotatable bonds is 5. The quantitative estimate of drug-likeness (QED) is 0.645. The van der Waals surface area contributed by atoms with E-state index in [2.05, 4.69) is 38.0 Å². The fourth-order valence-electron chi connectivity index (χ4n) is 3.04. The van der Waals surface area contributed by atoms with Crippen molar-refractivity contribution in [1.82, 2.24) is 14.5 Å². The van der Waals surface area contributed by atoms with E-state index >= 15 is 0 Å². The average molecular weight is 354 g/mol. The van der Waals surface area contributed by atoms with E-state index in [1.807, 2.05) is 41.4 Å². The summed E-state index contributed by atoms with van der Waals surface area (Å²) in [5.41, 5.74) is 4.24. The Morgan fingerprint density at radius 2 is 2.15 bits per heavy atom. The molecular weight excluding hydrogens is 336 g/mol. The number of imidazole rings is 1. The van der Waals surface area contributed by atoms with Gasteiger partial charge in [0.2, 0.25) is 0 Å². The minimum absolute atomic E-state index is 0.748. The number of allylic oxidation sites excluding steroid dienone is 1. The van der Waals surface area contributed by atoms with E-state index in [0.717, 1.165) is 40.1 Å². The summed E-state index contributed by atoms with van der Waals surface area (Å²) in [4.78, 5) is 19.6. The van der Waals surface area contributed by atoms with Crippen molar-refractivity contribution in [3.05, 3.63) is 80.2 Å². The van der Waals surface area contributed by atoms with Crippen LogP contribution >= 0.6 is 0 Å². The van der Waals surface area contributed by atoms with Gasteiger partial charge >= 0.3 is 0 Å². The zero-order valence-electron chi connectivity index (χ0n) is 14.7. The first-order valence-electron chi connectivity index (χ1n) is 8.49. The van der Waals surface area contributed by atoms with Gasteiger partial charge in [-0.2, -0.15) is 0 Å². The third kappa shape index (κ3) is 3.08. The molecule has 0 radical (unpaired) electrons. The van der Waals surface area contributed by atoms with Gasteiger partial charge in [0.1, 0.15) is 0 Å². The Balaban J connectivity index is 1.92. The predicted octanol–water partition coefficient (Wildman–Crippen LogP) is 4.20. The minimum Gasteiger partial charge on any atom is -0.328 e. The standard InChI is InChI=1S/C21H18N6/c1-3-8-24-20-17(16(2)26-13-11-23-14-26)5-6-18-19(7-10-25-21(18)20)27-12-4-9-22-15-27/h3-11,13-15H,1-2,12H2. The van der Waals surface area contributed by atoms with E-state index in [-0.39, 0.29) is 0 Å². The second-order valence-electron chi connectivity index (χ2n) is 5.92. The first kappa shape index (κ1) is 16.7. The molecule has 6 heteroatoms. The molecule has 4 rings (SSSR count). The number of nitrogens with zero attached hydrogens (tertiary/aromatic N) is 6. The van der Waals surface area contributed by atoms with Crippen molar-refractivity contribution >= 4 is 40.5 Å². The number of benzene rings is 1. The Morgan fingerprint density at radius 3 is 2.89 bits per heavy atom. The zero-order chi connectivity index (χ0) is 18.6. The van der Waals surface area contributed by atoms with Crippen LogP contribution < -0.4 is 4.90 Å².